The van der Waals surface area contributed by atoms with Gasteiger partial charge in [-0.15, -0.1) is 6.58 Å². The van der Waals surface area contributed by atoms with E-state index in [1.165, 1.54) is 5.57 Å². The van der Waals surface area contributed by atoms with Gasteiger partial charge in [-0.2, -0.15) is 0 Å². The molecule has 0 aromatic heterocycles. The number of ether oxygens (including phenoxy) is 1. The standard InChI is InChI=1S/C11H21NO/c1-10(2)4-6-12-7-9-13-8-5-11(12)3/h11H,1,4-9H2,2-3H3. The van der Waals surface area contributed by atoms with Gasteiger partial charge in [0.2, 0.25) is 0 Å². The molecular formula is C11H21NO. The quantitative estimate of drug-likeness (QED) is 0.621. The Bertz CT molecular complexity index is 167. The summed E-state index contributed by atoms with van der Waals surface area (Å²) >= 11 is 0. The van der Waals surface area contributed by atoms with E-state index < -0.39 is 0 Å². The Morgan fingerprint density at radius 1 is 1.54 bits per heavy atom. The predicted octanol–water partition coefficient (Wildman–Crippen LogP) is 2.06. The Kier molecular flexibility index (Phi) is 4.46. The van der Waals surface area contributed by atoms with Crippen LogP contribution in [0, 0.1) is 0 Å². The van der Waals surface area contributed by atoms with Crippen molar-refractivity contribution < 1.29 is 4.74 Å². The molecule has 0 spiro atoms. The van der Waals surface area contributed by atoms with Gasteiger partial charge in [0.05, 0.1) is 6.61 Å². The lowest BCUT2D eigenvalue weighted by Crippen LogP contribution is -2.34. The highest BCUT2D eigenvalue weighted by Crippen LogP contribution is 2.10. The topological polar surface area (TPSA) is 12.5 Å². The average Bonchev–Trinajstić information content (AvgIpc) is 2.27. The minimum Gasteiger partial charge on any atom is -0.380 e. The van der Waals surface area contributed by atoms with Crippen LogP contribution in [0.2, 0.25) is 0 Å². The lowest BCUT2D eigenvalue weighted by atomic mass is 10.2. The van der Waals surface area contributed by atoms with Crippen LogP contribution >= 0.6 is 0 Å². The van der Waals surface area contributed by atoms with Crippen LogP contribution in [0.3, 0.4) is 0 Å². The molecule has 1 atom stereocenters. The summed E-state index contributed by atoms with van der Waals surface area (Å²) in [5.74, 6) is 0. The normalized spacial score (nSPS) is 25.5. The molecule has 0 saturated carbocycles. The van der Waals surface area contributed by atoms with Crippen LogP contribution in [0.15, 0.2) is 12.2 Å². The van der Waals surface area contributed by atoms with E-state index >= 15 is 0 Å². The monoisotopic (exact) mass is 183 g/mol. The fourth-order valence-electron chi connectivity index (χ4n) is 1.61. The highest BCUT2D eigenvalue weighted by atomic mass is 16.5. The zero-order chi connectivity index (χ0) is 9.68. The van der Waals surface area contributed by atoms with E-state index in [1.807, 2.05) is 0 Å². The Labute approximate surface area is 81.6 Å². The largest absolute Gasteiger partial charge is 0.380 e. The van der Waals surface area contributed by atoms with E-state index in [1.54, 1.807) is 0 Å². The van der Waals surface area contributed by atoms with Crippen LogP contribution in [0.5, 0.6) is 0 Å². The Morgan fingerprint density at radius 3 is 3.00 bits per heavy atom. The maximum atomic E-state index is 5.44. The summed E-state index contributed by atoms with van der Waals surface area (Å²) in [4.78, 5) is 2.50. The Morgan fingerprint density at radius 2 is 2.31 bits per heavy atom. The van der Waals surface area contributed by atoms with Gasteiger partial charge in [0.1, 0.15) is 0 Å². The Hall–Kier alpha value is -0.340. The summed E-state index contributed by atoms with van der Waals surface area (Å²) in [6.45, 7) is 12.3. The molecule has 0 aliphatic carbocycles. The smallest absolute Gasteiger partial charge is 0.0593 e. The van der Waals surface area contributed by atoms with E-state index in [-0.39, 0.29) is 0 Å². The predicted molar refractivity (Wildman–Crippen MR) is 55.9 cm³/mol. The molecule has 13 heavy (non-hydrogen) atoms. The molecule has 2 heteroatoms. The highest BCUT2D eigenvalue weighted by Gasteiger charge is 2.15. The van der Waals surface area contributed by atoms with Gasteiger partial charge in [0, 0.05) is 25.7 Å². The molecule has 2 nitrogen and oxygen atoms in total. The first kappa shape index (κ1) is 10.7. The van der Waals surface area contributed by atoms with Gasteiger partial charge in [0.25, 0.3) is 0 Å². The summed E-state index contributed by atoms with van der Waals surface area (Å²) in [6.07, 6.45) is 2.28. The van der Waals surface area contributed by atoms with E-state index in [9.17, 15) is 0 Å². The van der Waals surface area contributed by atoms with Crippen molar-refractivity contribution in [3.05, 3.63) is 12.2 Å². The fraction of sp³-hybridized carbons (Fsp3) is 0.818. The van der Waals surface area contributed by atoms with Gasteiger partial charge < -0.3 is 4.74 Å². The Balaban J connectivity index is 2.31. The van der Waals surface area contributed by atoms with Gasteiger partial charge in [-0.1, -0.05) is 5.57 Å². The third-order valence-corrected chi connectivity index (χ3v) is 2.65. The SMILES string of the molecule is C=C(C)CCN1CCOCCC1C. The number of rotatable bonds is 3. The van der Waals surface area contributed by atoms with Gasteiger partial charge in [0.15, 0.2) is 0 Å². The molecule has 76 valence electrons. The summed E-state index contributed by atoms with van der Waals surface area (Å²) in [6, 6.07) is 0.668. The molecule has 0 radical (unpaired) electrons. The second kappa shape index (κ2) is 5.40. The molecule has 1 saturated heterocycles. The van der Waals surface area contributed by atoms with Crippen LogP contribution < -0.4 is 0 Å². The van der Waals surface area contributed by atoms with Gasteiger partial charge >= 0.3 is 0 Å². The molecule has 1 aliphatic rings. The van der Waals surface area contributed by atoms with E-state index in [2.05, 4.69) is 25.3 Å². The van der Waals surface area contributed by atoms with Crippen molar-refractivity contribution in [3.8, 4) is 0 Å². The lowest BCUT2D eigenvalue weighted by Gasteiger charge is -2.25. The molecule has 0 N–H and O–H groups in total. The van der Waals surface area contributed by atoms with Crippen molar-refractivity contribution in [2.75, 3.05) is 26.3 Å². The number of hydrogen-bond acceptors (Lipinski definition) is 2. The molecule has 1 unspecified atom stereocenters. The fourth-order valence-corrected chi connectivity index (χ4v) is 1.61. The zero-order valence-electron chi connectivity index (χ0n) is 8.88. The third-order valence-electron chi connectivity index (χ3n) is 2.65. The van der Waals surface area contributed by atoms with Crippen molar-refractivity contribution in [1.82, 2.24) is 4.90 Å². The summed E-state index contributed by atoms with van der Waals surface area (Å²) in [5.41, 5.74) is 1.28. The molecule has 0 bridgehead atoms. The highest BCUT2D eigenvalue weighted by molar-refractivity contribution is 4.89. The van der Waals surface area contributed by atoms with Crippen LogP contribution in [-0.2, 0) is 4.74 Å². The molecule has 0 aromatic rings. The molecule has 0 amide bonds. The van der Waals surface area contributed by atoms with Crippen LogP contribution in [-0.4, -0.2) is 37.2 Å². The summed E-state index contributed by atoms with van der Waals surface area (Å²) in [5, 5.41) is 0. The van der Waals surface area contributed by atoms with Gasteiger partial charge in [-0.05, 0) is 26.7 Å². The van der Waals surface area contributed by atoms with E-state index in [4.69, 9.17) is 4.74 Å². The molecule has 1 aliphatic heterocycles. The molecule has 1 fully saturated rings. The first-order valence-electron chi connectivity index (χ1n) is 5.16. The first-order valence-corrected chi connectivity index (χ1v) is 5.16. The lowest BCUT2D eigenvalue weighted by molar-refractivity contribution is 0.141. The second-order valence-electron chi connectivity index (χ2n) is 3.99. The van der Waals surface area contributed by atoms with E-state index in [0.717, 1.165) is 39.1 Å². The minimum absolute atomic E-state index is 0.668. The van der Waals surface area contributed by atoms with E-state index in [0.29, 0.717) is 6.04 Å². The zero-order valence-corrected chi connectivity index (χ0v) is 8.88. The number of nitrogens with zero attached hydrogens (tertiary/aromatic N) is 1. The third kappa shape index (κ3) is 3.92. The molecule has 1 rings (SSSR count). The summed E-state index contributed by atoms with van der Waals surface area (Å²) < 4.78 is 5.44. The average molecular weight is 183 g/mol. The molecule has 1 heterocycles. The van der Waals surface area contributed by atoms with Crippen LogP contribution in [0.1, 0.15) is 26.7 Å². The van der Waals surface area contributed by atoms with Crippen molar-refractivity contribution in [2.45, 2.75) is 32.7 Å². The maximum absolute atomic E-state index is 5.44. The van der Waals surface area contributed by atoms with Crippen molar-refractivity contribution in [2.24, 2.45) is 0 Å². The second-order valence-corrected chi connectivity index (χ2v) is 3.99. The van der Waals surface area contributed by atoms with Crippen LogP contribution in [0.4, 0.5) is 0 Å². The minimum atomic E-state index is 0.668. The molecule has 0 aromatic carbocycles. The van der Waals surface area contributed by atoms with Crippen molar-refractivity contribution in [1.29, 1.82) is 0 Å². The van der Waals surface area contributed by atoms with Gasteiger partial charge in [-0.3, -0.25) is 4.90 Å². The van der Waals surface area contributed by atoms with Gasteiger partial charge in [-0.25, -0.2) is 0 Å². The summed E-state index contributed by atoms with van der Waals surface area (Å²) in [7, 11) is 0. The first-order chi connectivity index (χ1) is 6.20. The number of hydrogen-bond donors (Lipinski definition) is 0. The van der Waals surface area contributed by atoms with Crippen molar-refractivity contribution >= 4 is 0 Å². The van der Waals surface area contributed by atoms with Crippen LogP contribution in [0.25, 0.3) is 0 Å². The maximum Gasteiger partial charge on any atom is 0.0593 e. The van der Waals surface area contributed by atoms with Crippen molar-refractivity contribution in [3.63, 3.8) is 0 Å². The molecular weight excluding hydrogens is 162 g/mol.